The Morgan fingerprint density at radius 3 is 2.47 bits per heavy atom. The van der Waals surface area contributed by atoms with Gasteiger partial charge in [0.1, 0.15) is 18.1 Å². The minimum Gasteiger partial charge on any atom is -0.495 e. The largest absolute Gasteiger partial charge is 0.495 e. The molecule has 3 aromatic rings. The number of hydrogen-bond donors (Lipinski definition) is 1. The standard InChI is InChI=1S/C25H20Cl2N2O4S/c1-31-21-8-4-3-7-20(21)29-24(30)19(28-25(29)34)12-15-6-5-9-22(32-2)23(15)33-14-16-10-11-17(26)13-18(16)27/h3-13H,14H2,1-2H3,(H,28,34)/b19-12+. The van der Waals surface area contributed by atoms with E-state index in [1.165, 1.54) is 4.90 Å². The Balaban J connectivity index is 1.66. The molecule has 6 nitrogen and oxygen atoms in total. The van der Waals surface area contributed by atoms with Crippen molar-refractivity contribution >= 4 is 58.2 Å². The predicted octanol–water partition coefficient (Wildman–Crippen LogP) is 5.85. The third-order valence-corrected chi connectivity index (χ3v) is 5.99. The summed E-state index contributed by atoms with van der Waals surface area (Å²) in [7, 11) is 3.09. The Kier molecular flexibility index (Phi) is 7.26. The van der Waals surface area contributed by atoms with Gasteiger partial charge < -0.3 is 19.5 Å². The highest BCUT2D eigenvalue weighted by atomic mass is 35.5. The molecule has 0 radical (unpaired) electrons. The number of para-hydroxylation sites is 3. The Labute approximate surface area is 212 Å². The molecule has 3 aromatic carbocycles. The molecule has 9 heteroatoms. The lowest BCUT2D eigenvalue weighted by Gasteiger charge is -2.17. The van der Waals surface area contributed by atoms with Crippen molar-refractivity contribution in [3.8, 4) is 17.2 Å². The highest BCUT2D eigenvalue weighted by Gasteiger charge is 2.34. The number of nitrogens with zero attached hydrogens (tertiary/aromatic N) is 1. The lowest BCUT2D eigenvalue weighted by Crippen LogP contribution is -2.30. The van der Waals surface area contributed by atoms with Crippen LogP contribution in [0.4, 0.5) is 5.69 Å². The van der Waals surface area contributed by atoms with Gasteiger partial charge in [0.15, 0.2) is 16.6 Å². The number of ether oxygens (including phenoxy) is 3. The molecule has 1 heterocycles. The van der Waals surface area contributed by atoms with Crippen LogP contribution in [-0.2, 0) is 11.4 Å². The van der Waals surface area contributed by atoms with Crippen molar-refractivity contribution in [3.05, 3.63) is 87.5 Å². The van der Waals surface area contributed by atoms with E-state index in [0.717, 1.165) is 5.56 Å². The normalized spacial score (nSPS) is 14.4. The molecule has 4 rings (SSSR count). The molecule has 1 fully saturated rings. The first kappa shape index (κ1) is 23.9. The molecule has 174 valence electrons. The van der Waals surface area contributed by atoms with E-state index in [2.05, 4.69) is 5.32 Å². The smallest absolute Gasteiger partial charge is 0.281 e. The zero-order valence-corrected chi connectivity index (χ0v) is 20.6. The fourth-order valence-corrected chi connectivity index (χ4v) is 4.23. The van der Waals surface area contributed by atoms with Crippen molar-refractivity contribution in [1.29, 1.82) is 0 Å². The van der Waals surface area contributed by atoms with Crippen LogP contribution in [0.2, 0.25) is 10.0 Å². The molecule has 1 N–H and O–H groups in total. The van der Waals surface area contributed by atoms with Crippen LogP contribution in [0.3, 0.4) is 0 Å². The average Bonchev–Trinajstić information content (AvgIpc) is 3.11. The Bertz CT molecular complexity index is 1300. The van der Waals surface area contributed by atoms with Gasteiger partial charge in [-0.05, 0) is 48.6 Å². The summed E-state index contributed by atoms with van der Waals surface area (Å²) in [6.45, 7) is 0.180. The number of hydrogen-bond acceptors (Lipinski definition) is 5. The Hall–Kier alpha value is -3.26. The zero-order valence-electron chi connectivity index (χ0n) is 18.3. The molecule has 34 heavy (non-hydrogen) atoms. The number of thiocarbonyl (C=S) groups is 1. The number of methoxy groups -OCH3 is 2. The minimum absolute atomic E-state index is 0.180. The summed E-state index contributed by atoms with van der Waals surface area (Å²) in [5.41, 5.74) is 2.23. The van der Waals surface area contributed by atoms with E-state index in [-0.39, 0.29) is 17.6 Å². The summed E-state index contributed by atoms with van der Waals surface area (Å²) in [6.07, 6.45) is 1.67. The second-order valence-corrected chi connectivity index (χ2v) is 8.43. The Morgan fingerprint density at radius 1 is 1.00 bits per heavy atom. The number of halogens is 2. The summed E-state index contributed by atoms with van der Waals surface area (Å²) in [5, 5.41) is 4.27. The maximum atomic E-state index is 13.3. The van der Waals surface area contributed by atoms with Crippen LogP contribution < -0.4 is 24.4 Å². The molecule has 1 amide bonds. The van der Waals surface area contributed by atoms with E-state index in [1.807, 2.05) is 24.3 Å². The summed E-state index contributed by atoms with van der Waals surface area (Å²) < 4.78 is 17.0. The van der Waals surface area contributed by atoms with Crippen LogP contribution in [0.1, 0.15) is 11.1 Å². The Morgan fingerprint density at radius 2 is 1.74 bits per heavy atom. The number of anilines is 1. The maximum Gasteiger partial charge on any atom is 0.281 e. The molecule has 0 atom stereocenters. The van der Waals surface area contributed by atoms with E-state index in [9.17, 15) is 4.79 Å². The van der Waals surface area contributed by atoms with Crippen molar-refractivity contribution in [2.45, 2.75) is 6.61 Å². The highest BCUT2D eigenvalue weighted by Crippen LogP contribution is 2.36. The molecule has 0 aliphatic carbocycles. The van der Waals surface area contributed by atoms with Crippen LogP contribution >= 0.6 is 35.4 Å². The van der Waals surface area contributed by atoms with Crippen LogP contribution in [0.15, 0.2) is 66.4 Å². The van der Waals surface area contributed by atoms with Gasteiger partial charge in [-0.3, -0.25) is 4.79 Å². The first-order chi connectivity index (χ1) is 16.4. The second-order valence-electron chi connectivity index (χ2n) is 7.20. The molecule has 1 saturated heterocycles. The van der Waals surface area contributed by atoms with Crippen molar-refractivity contribution in [2.75, 3.05) is 19.1 Å². The monoisotopic (exact) mass is 514 g/mol. The molecule has 0 unspecified atom stereocenters. The van der Waals surface area contributed by atoms with Crippen LogP contribution in [0.25, 0.3) is 6.08 Å². The molecule has 1 aliphatic heterocycles. The molecule has 0 bridgehead atoms. The second kappa shape index (κ2) is 10.3. The molecule has 0 saturated carbocycles. The number of carbonyl (C=O) groups is 1. The SMILES string of the molecule is COc1ccccc1N1C(=O)/C(=C\c2cccc(OC)c2OCc2ccc(Cl)cc2Cl)NC1=S. The first-order valence-corrected chi connectivity index (χ1v) is 11.3. The minimum atomic E-state index is -0.316. The summed E-state index contributed by atoms with van der Waals surface area (Å²) in [4.78, 5) is 14.7. The van der Waals surface area contributed by atoms with Gasteiger partial charge in [-0.15, -0.1) is 0 Å². The lowest BCUT2D eigenvalue weighted by molar-refractivity contribution is -0.113. The molecular formula is C25H20Cl2N2O4S. The molecular weight excluding hydrogens is 495 g/mol. The van der Waals surface area contributed by atoms with Gasteiger partial charge in [-0.2, -0.15) is 0 Å². The summed E-state index contributed by atoms with van der Waals surface area (Å²) in [6, 6.07) is 17.8. The van der Waals surface area contributed by atoms with E-state index < -0.39 is 0 Å². The van der Waals surface area contributed by atoms with Gasteiger partial charge in [0.05, 0.1) is 19.9 Å². The van der Waals surface area contributed by atoms with Gasteiger partial charge in [-0.25, -0.2) is 4.90 Å². The van der Waals surface area contributed by atoms with Gasteiger partial charge in [-0.1, -0.05) is 53.5 Å². The molecule has 0 spiro atoms. The molecule has 1 aliphatic rings. The van der Waals surface area contributed by atoms with E-state index in [0.29, 0.717) is 44.2 Å². The topological polar surface area (TPSA) is 60.0 Å². The lowest BCUT2D eigenvalue weighted by atomic mass is 10.1. The van der Waals surface area contributed by atoms with Crippen LogP contribution in [0.5, 0.6) is 17.2 Å². The number of carbonyl (C=O) groups excluding carboxylic acids is 1. The predicted molar refractivity (Wildman–Crippen MR) is 138 cm³/mol. The van der Waals surface area contributed by atoms with Crippen molar-refractivity contribution in [3.63, 3.8) is 0 Å². The van der Waals surface area contributed by atoms with E-state index >= 15 is 0 Å². The van der Waals surface area contributed by atoms with E-state index in [4.69, 9.17) is 49.6 Å². The van der Waals surface area contributed by atoms with Crippen molar-refractivity contribution < 1.29 is 19.0 Å². The average molecular weight is 515 g/mol. The number of amides is 1. The third kappa shape index (κ3) is 4.82. The highest BCUT2D eigenvalue weighted by molar-refractivity contribution is 7.80. The number of benzene rings is 3. The van der Waals surface area contributed by atoms with Gasteiger partial charge in [0.25, 0.3) is 5.91 Å². The number of nitrogens with one attached hydrogen (secondary N) is 1. The zero-order chi connectivity index (χ0) is 24.2. The first-order valence-electron chi connectivity index (χ1n) is 10.2. The van der Waals surface area contributed by atoms with Crippen LogP contribution in [-0.4, -0.2) is 25.2 Å². The summed E-state index contributed by atoms with van der Waals surface area (Å²) in [5.74, 6) is 1.18. The number of rotatable bonds is 7. The maximum absolute atomic E-state index is 13.3. The fraction of sp³-hybridized carbons (Fsp3) is 0.120. The summed E-state index contributed by atoms with van der Waals surface area (Å²) >= 11 is 17.7. The van der Waals surface area contributed by atoms with Gasteiger partial charge in [0.2, 0.25) is 0 Å². The molecule has 0 aromatic heterocycles. The quantitative estimate of drug-likeness (QED) is 0.315. The van der Waals surface area contributed by atoms with Gasteiger partial charge in [0, 0.05) is 21.2 Å². The van der Waals surface area contributed by atoms with Crippen molar-refractivity contribution in [2.24, 2.45) is 0 Å². The van der Waals surface area contributed by atoms with Crippen molar-refractivity contribution in [1.82, 2.24) is 5.32 Å². The fourth-order valence-electron chi connectivity index (χ4n) is 3.47. The van der Waals surface area contributed by atoms with Gasteiger partial charge >= 0.3 is 0 Å². The van der Waals surface area contributed by atoms with E-state index in [1.54, 1.807) is 56.7 Å². The third-order valence-electron chi connectivity index (χ3n) is 5.12. The van der Waals surface area contributed by atoms with Crippen LogP contribution in [0, 0.1) is 0 Å².